The van der Waals surface area contributed by atoms with E-state index in [4.69, 9.17) is 23.2 Å². The van der Waals surface area contributed by atoms with Crippen molar-refractivity contribution in [2.24, 2.45) is 0 Å². The second-order valence-electron chi connectivity index (χ2n) is 3.58. The summed E-state index contributed by atoms with van der Waals surface area (Å²) in [6.07, 6.45) is 3.83. The third-order valence-corrected chi connectivity index (χ3v) is 3.17. The van der Waals surface area contributed by atoms with E-state index >= 15 is 0 Å². The van der Waals surface area contributed by atoms with Crippen LogP contribution in [0.5, 0.6) is 0 Å². The van der Waals surface area contributed by atoms with Gasteiger partial charge in [0, 0.05) is 17.8 Å². The Morgan fingerprint density at radius 1 is 1.06 bits per heavy atom. The molecule has 0 saturated carbocycles. The summed E-state index contributed by atoms with van der Waals surface area (Å²) in [7, 11) is 1.94. The number of allylic oxidation sites excluding steroid dienone is 3. The molecule has 2 rings (SSSR count). The lowest BCUT2D eigenvalue weighted by atomic mass is 10.1. The van der Waals surface area contributed by atoms with Gasteiger partial charge in [0.25, 0.3) is 0 Å². The van der Waals surface area contributed by atoms with Crippen LogP contribution in [-0.2, 0) is 0 Å². The van der Waals surface area contributed by atoms with Gasteiger partial charge in [-0.15, -0.1) is 0 Å². The average Bonchev–Trinajstić information content (AvgIpc) is 2.28. The molecule has 16 heavy (non-hydrogen) atoms. The highest BCUT2D eigenvalue weighted by Crippen LogP contribution is 2.31. The second kappa shape index (κ2) is 4.36. The van der Waals surface area contributed by atoms with Gasteiger partial charge in [-0.2, -0.15) is 0 Å². The van der Waals surface area contributed by atoms with Crippen LogP contribution in [0.25, 0.3) is 5.70 Å². The number of benzene rings is 1. The SMILES string of the molecule is C=C1C(Cl)=CC=C(c2ccc(Cl)cc2)N1C. The molecule has 1 aromatic carbocycles. The Bertz CT molecular complexity index is 483. The van der Waals surface area contributed by atoms with Crippen molar-refractivity contribution in [2.45, 2.75) is 0 Å². The van der Waals surface area contributed by atoms with Crippen LogP contribution in [-0.4, -0.2) is 11.9 Å². The number of nitrogens with zero attached hydrogens (tertiary/aromatic N) is 1. The molecule has 0 unspecified atom stereocenters. The molecule has 0 atom stereocenters. The zero-order valence-corrected chi connectivity index (χ0v) is 10.4. The Hall–Kier alpha value is -1.18. The van der Waals surface area contributed by atoms with Crippen LogP contribution in [0.15, 0.2) is 53.7 Å². The van der Waals surface area contributed by atoms with Crippen molar-refractivity contribution in [3.8, 4) is 0 Å². The average molecular weight is 252 g/mol. The van der Waals surface area contributed by atoms with E-state index < -0.39 is 0 Å². The quantitative estimate of drug-likeness (QED) is 0.721. The summed E-state index contributed by atoms with van der Waals surface area (Å²) in [6, 6.07) is 7.69. The van der Waals surface area contributed by atoms with E-state index in [0.29, 0.717) is 5.03 Å². The summed E-state index contributed by atoms with van der Waals surface area (Å²) in [5.74, 6) is 0. The lowest BCUT2D eigenvalue weighted by molar-refractivity contribution is 0.611. The summed E-state index contributed by atoms with van der Waals surface area (Å²) in [4.78, 5) is 1.96. The molecule has 1 aliphatic heterocycles. The van der Waals surface area contributed by atoms with Crippen molar-refractivity contribution in [1.29, 1.82) is 0 Å². The zero-order valence-electron chi connectivity index (χ0n) is 8.87. The van der Waals surface area contributed by atoms with Gasteiger partial charge in [0.1, 0.15) is 0 Å². The Kier molecular flexibility index (Phi) is 3.08. The summed E-state index contributed by atoms with van der Waals surface area (Å²) in [5.41, 5.74) is 2.95. The molecule has 0 spiro atoms. The normalized spacial score (nSPS) is 15.9. The second-order valence-corrected chi connectivity index (χ2v) is 4.42. The van der Waals surface area contributed by atoms with Crippen molar-refractivity contribution >= 4 is 28.9 Å². The van der Waals surface area contributed by atoms with Crippen molar-refractivity contribution in [2.75, 3.05) is 7.05 Å². The van der Waals surface area contributed by atoms with Gasteiger partial charge < -0.3 is 4.90 Å². The van der Waals surface area contributed by atoms with Gasteiger partial charge in [0.2, 0.25) is 0 Å². The van der Waals surface area contributed by atoms with Crippen LogP contribution < -0.4 is 0 Å². The molecule has 1 aliphatic rings. The third-order valence-electron chi connectivity index (χ3n) is 2.57. The van der Waals surface area contributed by atoms with Gasteiger partial charge in [0.15, 0.2) is 0 Å². The van der Waals surface area contributed by atoms with Gasteiger partial charge in [-0.05, 0) is 29.8 Å². The molecule has 0 bridgehead atoms. The van der Waals surface area contributed by atoms with Crippen LogP contribution in [0.1, 0.15) is 5.56 Å². The first-order valence-electron chi connectivity index (χ1n) is 4.86. The largest absolute Gasteiger partial charge is 0.343 e. The Balaban J connectivity index is 2.42. The number of likely N-dealkylation sites (N-methyl/N-ethyl adjacent to an activating group) is 1. The van der Waals surface area contributed by atoms with E-state index in [1.165, 1.54) is 0 Å². The van der Waals surface area contributed by atoms with Gasteiger partial charge in [-0.3, -0.25) is 0 Å². The highest BCUT2D eigenvalue weighted by atomic mass is 35.5. The van der Waals surface area contributed by atoms with Crippen molar-refractivity contribution in [3.05, 3.63) is 64.3 Å². The fourth-order valence-electron chi connectivity index (χ4n) is 1.58. The van der Waals surface area contributed by atoms with Crippen LogP contribution in [0.3, 0.4) is 0 Å². The van der Waals surface area contributed by atoms with E-state index in [2.05, 4.69) is 6.58 Å². The van der Waals surface area contributed by atoms with Gasteiger partial charge in [-0.25, -0.2) is 0 Å². The lowest BCUT2D eigenvalue weighted by Crippen LogP contribution is -2.18. The Morgan fingerprint density at radius 3 is 2.31 bits per heavy atom. The summed E-state index contributed by atoms with van der Waals surface area (Å²) in [5, 5.41) is 1.40. The highest BCUT2D eigenvalue weighted by Gasteiger charge is 2.15. The Labute approximate surface area is 105 Å². The van der Waals surface area contributed by atoms with Gasteiger partial charge >= 0.3 is 0 Å². The maximum atomic E-state index is 5.99. The van der Waals surface area contributed by atoms with Crippen molar-refractivity contribution < 1.29 is 0 Å². The van der Waals surface area contributed by atoms with Crippen LogP contribution in [0, 0.1) is 0 Å². The molecule has 82 valence electrons. The van der Waals surface area contributed by atoms with Crippen LogP contribution in [0.4, 0.5) is 0 Å². The van der Waals surface area contributed by atoms with E-state index in [1.54, 1.807) is 0 Å². The molecule has 0 saturated heterocycles. The molecule has 1 nitrogen and oxygen atoms in total. The van der Waals surface area contributed by atoms with Gasteiger partial charge in [0.05, 0.1) is 10.7 Å². The van der Waals surface area contributed by atoms with E-state index in [0.717, 1.165) is 22.0 Å². The standard InChI is InChI=1S/C13H11Cl2N/c1-9-12(15)7-8-13(16(9)2)10-3-5-11(14)6-4-10/h3-8H,1H2,2H3. The predicted molar refractivity (Wildman–Crippen MR) is 70.3 cm³/mol. The fraction of sp³-hybridized carbons (Fsp3) is 0.0769. The summed E-state index contributed by atoms with van der Waals surface area (Å²) >= 11 is 11.8. The van der Waals surface area contributed by atoms with Crippen LogP contribution in [0.2, 0.25) is 5.02 Å². The van der Waals surface area contributed by atoms with Crippen LogP contribution >= 0.6 is 23.2 Å². The minimum Gasteiger partial charge on any atom is -0.343 e. The monoisotopic (exact) mass is 251 g/mol. The smallest absolute Gasteiger partial charge is 0.0637 e. The summed E-state index contributed by atoms with van der Waals surface area (Å²) in [6.45, 7) is 3.93. The van der Waals surface area contributed by atoms with Crippen molar-refractivity contribution in [3.63, 3.8) is 0 Å². The summed E-state index contributed by atoms with van der Waals surface area (Å²) < 4.78 is 0. The number of rotatable bonds is 1. The molecule has 0 radical (unpaired) electrons. The molecule has 0 fully saturated rings. The first kappa shape index (κ1) is 11.3. The third kappa shape index (κ3) is 2.01. The zero-order chi connectivity index (χ0) is 11.7. The predicted octanol–water partition coefficient (Wildman–Crippen LogP) is 4.26. The van der Waals surface area contributed by atoms with Gasteiger partial charge in [-0.1, -0.05) is 41.9 Å². The molecule has 1 heterocycles. The molecule has 0 amide bonds. The maximum Gasteiger partial charge on any atom is 0.0637 e. The lowest BCUT2D eigenvalue weighted by Gasteiger charge is -2.27. The molecule has 1 aromatic rings. The highest BCUT2D eigenvalue weighted by molar-refractivity contribution is 6.32. The van der Waals surface area contributed by atoms with Crippen molar-refractivity contribution in [1.82, 2.24) is 4.90 Å². The van der Waals surface area contributed by atoms with E-state index in [9.17, 15) is 0 Å². The number of hydrogen-bond acceptors (Lipinski definition) is 1. The molecule has 0 aromatic heterocycles. The number of hydrogen-bond donors (Lipinski definition) is 0. The first-order chi connectivity index (χ1) is 7.59. The van der Waals surface area contributed by atoms with E-state index in [-0.39, 0.29) is 0 Å². The molecular weight excluding hydrogens is 241 g/mol. The number of halogens is 2. The fourth-order valence-corrected chi connectivity index (χ4v) is 1.89. The molecule has 3 heteroatoms. The first-order valence-corrected chi connectivity index (χ1v) is 5.61. The Morgan fingerprint density at radius 2 is 1.69 bits per heavy atom. The minimum absolute atomic E-state index is 0.667. The maximum absolute atomic E-state index is 5.99. The topological polar surface area (TPSA) is 3.24 Å². The van der Waals surface area contributed by atoms with E-state index in [1.807, 2.05) is 48.4 Å². The molecule has 0 N–H and O–H groups in total. The minimum atomic E-state index is 0.667. The molecule has 0 aliphatic carbocycles. The molecular formula is C13H11Cl2N.